The van der Waals surface area contributed by atoms with Gasteiger partial charge in [0.2, 0.25) is 0 Å². The molecule has 164 valence electrons. The summed E-state index contributed by atoms with van der Waals surface area (Å²) in [6, 6.07) is 16.0. The second kappa shape index (κ2) is 8.72. The number of aromatic nitrogens is 1. The standard InChI is InChI=1S/C24H23N3O4S/c28-23(29)16-6-3-5-15(13-16)19-9-10-20(31-19)22-21(18-8-1-2-11-25-18)26-24(32)27(22)14-17-7-4-12-30-17/h1-3,5-6,8-11,13,17,21-22H,4,7,12,14H2,(H,26,32)(H,28,29)/t17-,21+,22-/m1/s1. The molecule has 2 fully saturated rings. The maximum absolute atomic E-state index is 11.4. The van der Waals surface area contributed by atoms with Crippen molar-refractivity contribution in [2.75, 3.05) is 13.2 Å². The molecule has 5 rings (SSSR count). The minimum absolute atomic E-state index is 0.126. The van der Waals surface area contributed by atoms with Gasteiger partial charge in [0, 0.05) is 24.9 Å². The largest absolute Gasteiger partial charge is 0.478 e. The summed E-state index contributed by atoms with van der Waals surface area (Å²) in [5, 5.41) is 13.4. The van der Waals surface area contributed by atoms with Crippen LogP contribution in [0.15, 0.2) is 65.2 Å². The van der Waals surface area contributed by atoms with E-state index in [9.17, 15) is 9.90 Å². The SMILES string of the molecule is O=C(O)c1cccc(-c2ccc([C@@H]3[C@H](c4ccccn4)NC(=S)N3C[C@H]3CCCO3)o2)c1. The Bertz CT molecular complexity index is 1130. The van der Waals surface area contributed by atoms with E-state index in [0.717, 1.165) is 30.9 Å². The molecule has 1 aromatic carbocycles. The van der Waals surface area contributed by atoms with Gasteiger partial charge in [0.05, 0.1) is 23.4 Å². The molecule has 3 aromatic rings. The average molecular weight is 450 g/mol. The van der Waals surface area contributed by atoms with Crippen LogP contribution in [0.2, 0.25) is 0 Å². The fourth-order valence-corrected chi connectivity index (χ4v) is 4.71. The van der Waals surface area contributed by atoms with Crippen LogP contribution in [-0.2, 0) is 4.74 Å². The third-order valence-electron chi connectivity index (χ3n) is 5.93. The molecule has 4 heterocycles. The molecular weight excluding hydrogens is 426 g/mol. The smallest absolute Gasteiger partial charge is 0.335 e. The maximum Gasteiger partial charge on any atom is 0.335 e. The zero-order valence-electron chi connectivity index (χ0n) is 17.3. The van der Waals surface area contributed by atoms with Gasteiger partial charge in [-0.3, -0.25) is 4.98 Å². The molecule has 0 unspecified atom stereocenters. The van der Waals surface area contributed by atoms with Crippen molar-refractivity contribution >= 4 is 23.3 Å². The Morgan fingerprint density at radius 2 is 2.12 bits per heavy atom. The van der Waals surface area contributed by atoms with Gasteiger partial charge in [-0.25, -0.2) is 4.79 Å². The number of nitrogens with zero attached hydrogens (tertiary/aromatic N) is 2. The van der Waals surface area contributed by atoms with Gasteiger partial charge in [-0.15, -0.1) is 0 Å². The molecule has 0 radical (unpaired) electrons. The van der Waals surface area contributed by atoms with E-state index in [-0.39, 0.29) is 23.8 Å². The van der Waals surface area contributed by atoms with Gasteiger partial charge >= 0.3 is 5.97 Å². The summed E-state index contributed by atoms with van der Waals surface area (Å²) in [6.45, 7) is 1.45. The number of nitrogens with one attached hydrogen (secondary N) is 1. The Labute approximate surface area is 191 Å². The zero-order valence-corrected chi connectivity index (χ0v) is 18.1. The Morgan fingerprint density at radius 1 is 1.22 bits per heavy atom. The van der Waals surface area contributed by atoms with Crippen molar-refractivity contribution in [2.24, 2.45) is 0 Å². The molecule has 2 saturated heterocycles. The molecule has 2 aromatic heterocycles. The van der Waals surface area contributed by atoms with Crippen LogP contribution in [-0.4, -0.2) is 45.3 Å². The number of carbonyl (C=O) groups is 1. The monoisotopic (exact) mass is 449 g/mol. The zero-order chi connectivity index (χ0) is 22.1. The summed E-state index contributed by atoms with van der Waals surface area (Å²) in [5.41, 5.74) is 1.81. The molecule has 2 aliphatic heterocycles. The molecule has 0 bridgehead atoms. The third kappa shape index (κ3) is 3.99. The van der Waals surface area contributed by atoms with Gasteiger partial charge < -0.3 is 24.5 Å². The molecule has 2 aliphatic rings. The summed E-state index contributed by atoms with van der Waals surface area (Å²) in [6.07, 6.45) is 3.95. The van der Waals surface area contributed by atoms with Crippen LogP contribution in [0.4, 0.5) is 0 Å². The van der Waals surface area contributed by atoms with E-state index < -0.39 is 5.97 Å². The number of carboxylic acids is 1. The Balaban J connectivity index is 1.50. The molecule has 32 heavy (non-hydrogen) atoms. The van der Waals surface area contributed by atoms with Crippen molar-refractivity contribution in [3.63, 3.8) is 0 Å². The van der Waals surface area contributed by atoms with Crippen LogP contribution in [0.5, 0.6) is 0 Å². The molecule has 3 atom stereocenters. The highest BCUT2D eigenvalue weighted by atomic mass is 32.1. The molecule has 0 spiro atoms. The highest BCUT2D eigenvalue weighted by Crippen LogP contribution is 2.41. The first kappa shape index (κ1) is 20.7. The Morgan fingerprint density at radius 3 is 2.88 bits per heavy atom. The number of thiocarbonyl (C=S) groups is 1. The number of hydrogen-bond donors (Lipinski definition) is 2. The van der Waals surface area contributed by atoms with Crippen molar-refractivity contribution < 1.29 is 19.1 Å². The van der Waals surface area contributed by atoms with Crippen LogP contribution in [0.25, 0.3) is 11.3 Å². The van der Waals surface area contributed by atoms with Crippen molar-refractivity contribution in [3.8, 4) is 11.3 Å². The number of hydrogen-bond acceptors (Lipinski definition) is 5. The first-order chi connectivity index (χ1) is 15.6. The van der Waals surface area contributed by atoms with E-state index in [1.54, 1.807) is 24.4 Å². The Hall–Kier alpha value is -3.23. The fourth-order valence-electron chi connectivity index (χ4n) is 4.39. The molecule has 2 N–H and O–H groups in total. The molecule has 0 amide bonds. The average Bonchev–Trinajstić information content (AvgIpc) is 3.56. The van der Waals surface area contributed by atoms with E-state index in [1.165, 1.54) is 0 Å². The lowest BCUT2D eigenvalue weighted by molar-refractivity contribution is 0.0697. The summed E-state index contributed by atoms with van der Waals surface area (Å²) in [4.78, 5) is 18.0. The highest BCUT2D eigenvalue weighted by Gasteiger charge is 2.42. The first-order valence-corrected chi connectivity index (χ1v) is 11.0. The predicted octanol–water partition coefficient (Wildman–Crippen LogP) is 4.19. The molecular formula is C24H23N3O4S. The Kier molecular flexibility index (Phi) is 5.63. The number of ether oxygens (including phenoxy) is 1. The first-order valence-electron chi connectivity index (χ1n) is 10.6. The second-order valence-electron chi connectivity index (χ2n) is 8.00. The summed E-state index contributed by atoms with van der Waals surface area (Å²) >= 11 is 5.70. The molecule has 8 heteroatoms. The summed E-state index contributed by atoms with van der Waals surface area (Å²) < 4.78 is 12.1. The topological polar surface area (TPSA) is 87.8 Å². The van der Waals surface area contributed by atoms with Gasteiger partial charge in [0.25, 0.3) is 0 Å². The van der Waals surface area contributed by atoms with E-state index >= 15 is 0 Å². The summed E-state index contributed by atoms with van der Waals surface area (Å²) in [7, 11) is 0. The van der Waals surface area contributed by atoms with E-state index in [4.69, 9.17) is 21.4 Å². The molecule has 0 aliphatic carbocycles. The van der Waals surface area contributed by atoms with Crippen molar-refractivity contribution in [3.05, 3.63) is 77.8 Å². The minimum Gasteiger partial charge on any atom is -0.478 e. The lowest BCUT2D eigenvalue weighted by Crippen LogP contribution is -2.36. The number of furan rings is 1. The van der Waals surface area contributed by atoms with Crippen LogP contribution in [0.1, 0.15) is 46.7 Å². The normalized spacial score (nSPS) is 22.8. The molecule has 0 saturated carbocycles. The van der Waals surface area contributed by atoms with Crippen LogP contribution >= 0.6 is 12.2 Å². The lowest BCUT2D eigenvalue weighted by Gasteiger charge is -2.28. The second-order valence-corrected chi connectivity index (χ2v) is 8.39. The van der Waals surface area contributed by atoms with E-state index in [2.05, 4.69) is 15.2 Å². The number of carboxylic acid groups (broad SMARTS) is 1. The maximum atomic E-state index is 11.4. The number of rotatable bonds is 6. The van der Waals surface area contributed by atoms with Crippen LogP contribution in [0.3, 0.4) is 0 Å². The number of benzene rings is 1. The number of aromatic carboxylic acids is 1. The number of pyridine rings is 1. The van der Waals surface area contributed by atoms with E-state index in [0.29, 0.717) is 23.0 Å². The van der Waals surface area contributed by atoms with Crippen molar-refractivity contribution in [1.29, 1.82) is 0 Å². The lowest BCUT2D eigenvalue weighted by atomic mass is 10.0. The predicted molar refractivity (Wildman–Crippen MR) is 122 cm³/mol. The summed E-state index contributed by atoms with van der Waals surface area (Å²) in [5.74, 6) is 0.376. The fraction of sp³-hybridized carbons (Fsp3) is 0.292. The minimum atomic E-state index is -0.970. The van der Waals surface area contributed by atoms with Gasteiger partial charge in [-0.1, -0.05) is 18.2 Å². The highest BCUT2D eigenvalue weighted by molar-refractivity contribution is 7.80. The van der Waals surface area contributed by atoms with Gasteiger partial charge in [-0.2, -0.15) is 0 Å². The van der Waals surface area contributed by atoms with Crippen LogP contribution in [0, 0.1) is 0 Å². The third-order valence-corrected chi connectivity index (χ3v) is 6.29. The van der Waals surface area contributed by atoms with Crippen molar-refractivity contribution in [1.82, 2.24) is 15.2 Å². The van der Waals surface area contributed by atoms with Gasteiger partial charge in [-0.05, 0) is 61.5 Å². The van der Waals surface area contributed by atoms with E-state index in [1.807, 2.05) is 36.4 Å². The van der Waals surface area contributed by atoms with Crippen molar-refractivity contribution in [2.45, 2.75) is 31.0 Å². The van der Waals surface area contributed by atoms with Crippen LogP contribution < -0.4 is 5.32 Å². The van der Waals surface area contributed by atoms with Gasteiger partial charge in [0.15, 0.2) is 5.11 Å². The quantitative estimate of drug-likeness (QED) is 0.542. The van der Waals surface area contributed by atoms with Gasteiger partial charge in [0.1, 0.15) is 17.6 Å². The molecule has 7 nitrogen and oxygen atoms in total.